The Morgan fingerprint density at radius 2 is 1.78 bits per heavy atom. The molecule has 2 heterocycles. The van der Waals surface area contributed by atoms with Crippen LogP contribution in [0, 0.1) is 5.92 Å². The van der Waals surface area contributed by atoms with Crippen LogP contribution >= 0.6 is 11.3 Å². The fraction of sp³-hybridized carbons (Fsp3) is 0.647. The number of nitrogens with one attached hydrogen (secondary N) is 1. The van der Waals surface area contributed by atoms with Crippen molar-refractivity contribution in [2.45, 2.75) is 38.6 Å². The maximum Gasteiger partial charge on any atom is 0.317 e. The van der Waals surface area contributed by atoms with Gasteiger partial charge >= 0.3 is 6.03 Å². The van der Waals surface area contributed by atoms with E-state index < -0.39 is 0 Å². The maximum absolute atomic E-state index is 12.5. The van der Waals surface area contributed by atoms with Crippen LogP contribution in [0.25, 0.3) is 0 Å². The topological polar surface area (TPSA) is 52.7 Å². The van der Waals surface area contributed by atoms with E-state index in [0.717, 1.165) is 17.7 Å². The first-order chi connectivity index (χ1) is 11.2. The summed E-state index contributed by atoms with van der Waals surface area (Å²) in [5, 5.41) is 4.97. The van der Waals surface area contributed by atoms with E-state index in [2.05, 4.69) is 5.32 Å². The molecular formula is C17H25N3O2S. The minimum absolute atomic E-state index is 0.0248. The molecule has 5 nitrogen and oxygen atoms in total. The van der Waals surface area contributed by atoms with Crippen LogP contribution < -0.4 is 5.32 Å². The quantitative estimate of drug-likeness (QED) is 0.923. The molecule has 0 unspecified atom stereocenters. The third-order valence-electron chi connectivity index (χ3n) is 4.83. The number of rotatable bonds is 3. The van der Waals surface area contributed by atoms with Crippen molar-refractivity contribution in [3.8, 4) is 0 Å². The molecule has 126 valence electrons. The first kappa shape index (κ1) is 16.3. The second-order valence-electron chi connectivity index (χ2n) is 6.39. The zero-order valence-corrected chi connectivity index (χ0v) is 14.3. The largest absolute Gasteiger partial charge is 0.339 e. The van der Waals surface area contributed by atoms with E-state index in [4.69, 9.17) is 0 Å². The highest BCUT2D eigenvalue weighted by Gasteiger charge is 2.29. The highest BCUT2D eigenvalue weighted by atomic mass is 32.1. The number of carbonyl (C=O) groups excluding carboxylic acids is 2. The van der Waals surface area contributed by atoms with Crippen molar-refractivity contribution >= 4 is 23.3 Å². The summed E-state index contributed by atoms with van der Waals surface area (Å²) in [6, 6.07) is 3.98. The lowest BCUT2D eigenvalue weighted by Crippen LogP contribution is -2.54. The lowest BCUT2D eigenvalue weighted by molar-refractivity contribution is -0.138. The summed E-state index contributed by atoms with van der Waals surface area (Å²) in [5.74, 6) is 0.534. The molecule has 0 radical (unpaired) electrons. The summed E-state index contributed by atoms with van der Waals surface area (Å²) in [5.41, 5.74) is 0. The molecule has 1 N–H and O–H groups in total. The SMILES string of the molecule is O=C(NCc1cccs1)N1CCN(C(=O)C2CCCCC2)CC1. The summed E-state index contributed by atoms with van der Waals surface area (Å²) in [6.45, 7) is 3.19. The summed E-state index contributed by atoms with van der Waals surface area (Å²) in [6.07, 6.45) is 5.71. The molecule has 1 aromatic heterocycles. The number of urea groups is 1. The van der Waals surface area contributed by atoms with Gasteiger partial charge in [0.05, 0.1) is 6.54 Å². The van der Waals surface area contributed by atoms with Crippen molar-refractivity contribution < 1.29 is 9.59 Å². The Balaban J connectivity index is 1.42. The maximum atomic E-state index is 12.5. The summed E-state index contributed by atoms with van der Waals surface area (Å²) >= 11 is 1.65. The highest BCUT2D eigenvalue weighted by Crippen LogP contribution is 2.25. The Labute approximate surface area is 141 Å². The lowest BCUT2D eigenvalue weighted by atomic mass is 9.88. The number of hydrogen-bond acceptors (Lipinski definition) is 3. The van der Waals surface area contributed by atoms with Gasteiger partial charge in [-0.1, -0.05) is 25.3 Å². The Bertz CT molecular complexity index is 518. The summed E-state index contributed by atoms with van der Waals surface area (Å²) in [7, 11) is 0. The van der Waals surface area contributed by atoms with E-state index in [9.17, 15) is 9.59 Å². The Morgan fingerprint density at radius 3 is 2.43 bits per heavy atom. The summed E-state index contributed by atoms with van der Waals surface area (Å²) in [4.78, 5) is 29.6. The van der Waals surface area contributed by atoms with Crippen molar-refractivity contribution in [1.82, 2.24) is 15.1 Å². The minimum atomic E-state index is -0.0248. The zero-order valence-electron chi connectivity index (χ0n) is 13.5. The van der Waals surface area contributed by atoms with Gasteiger partial charge in [0, 0.05) is 37.0 Å². The van der Waals surface area contributed by atoms with Gasteiger partial charge < -0.3 is 15.1 Å². The summed E-state index contributed by atoms with van der Waals surface area (Å²) < 4.78 is 0. The highest BCUT2D eigenvalue weighted by molar-refractivity contribution is 7.09. The second kappa shape index (κ2) is 7.81. The molecule has 23 heavy (non-hydrogen) atoms. The van der Waals surface area contributed by atoms with Gasteiger partial charge in [0.1, 0.15) is 0 Å². The Hall–Kier alpha value is -1.56. The van der Waals surface area contributed by atoms with Gasteiger partial charge in [-0.3, -0.25) is 4.79 Å². The van der Waals surface area contributed by atoms with E-state index in [1.54, 1.807) is 11.3 Å². The zero-order chi connectivity index (χ0) is 16.1. The molecule has 0 spiro atoms. The molecule has 0 bridgehead atoms. The van der Waals surface area contributed by atoms with Crippen molar-refractivity contribution in [1.29, 1.82) is 0 Å². The molecule has 1 aromatic rings. The number of amides is 3. The van der Waals surface area contributed by atoms with E-state index in [1.165, 1.54) is 19.3 Å². The van der Waals surface area contributed by atoms with E-state index in [0.29, 0.717) is 38.6 Å². The van der Waals surface area contributed by atoms with Crippen LogP contribution in [0.4, 0.5) is 4.79 Å². The number of hydrogen-bond donors (Lipinski definition) is 1. The van der Waals surface area contributed by atoms with Crippen LogP contribution in [0.3, 0.4) is 0 Å². The van der Waals surface area contributed by atoms with E-state index >= 15 is 0 Å². The Morgan fingerprint density at radius 1 is 1.09 bits per heavy atom. The number of nitrogens with zero attached hydrogens (tertiary/aromatic N) is 2. The molecule has 2 aliphatic rings. The molecule has 6 heteroatoms. The Kier molecular flexibility index (Phi) is 5.54. The molecule has 1 aliphatic heterocycles. The van der Waals surface area contributed by atoms with E-state index in [1.807, 2.05) is 27.3 Å². The monoisotopic (exact) mass is 335 g/mol. The van der Waals surface area contributed by atoms with Crippen LogP contribution in [0.2, 0.25) is 0 Å². The molecule has 3 amide bonds. The van der Waals surface area contributed by atoms with Gasteiger partial charge in [0.25, 0.3) is 0 Å². The average Bonchev–Trinajstić information content (AvgIpc) is 3.13. The number of thiophene rings is 1. The molecular weight excluding hydrogens is 310 g/mol. The molecule has 3 rings (SSSR count). The van der Waals surface area contributed by atoms with Gasteiger partial charge in [0.2, 0.25) is 5.91 Å². The van der Waals surface area contributed by atoms with Crippen LogP contribution in [0.15, 0.2) is 17.5 Å². The van der Waals surface area contributed by atoms with Crippen LogP contribution in [-0.4, -0.2) is 47.9 Å². The van der Waals surface area contributed by atoms with Crippen LogP contribution in [0.5, 0.6) is 0 Å². The molecule has 2 fully saturated rings. The predicted molar refractivity (Wildman–Crippen MR) is 91.3 cm³/mol. The van der Waals surface area contributed by atoms with E-state index in [-0.39, 0.29) is 11.9 Å². The predicted octanol–water partition coefficient (Wildman–Crippen LogP) is 2.68. The molecule has 1 saturated carbocycles. The fourth-order valence-corrected chi connectivity index (χ4v) is 4.07. The van der Waals surface area contributed by atoms with Crippen molar-refractivity contribution in [3.63, 3.8) is 0 Å². The van der Waals surface area contributed by atoms with Crippen LogP contribution in [-0.2, 0) is 11.3 Å². The van der Waals surface area contributed by atoms with Gasteiger partial charge in [0.15, 0.2) is 0 Å². The molecule has 1 aliphatic carbocycles. The second-order valence-corrected chi connectivity index (χ2v) is 7.42. The number of carbonyl (C=O) groups is 2. The van der Waals surface area contributed by atoms with Gasteiger partial charge in [-0.2, -0.15) is 0 Å². The van der Waals surface area contributed by atoms with Crippen molar-refractivity contribution in [3.05, 3.63) is 22.4 Å². The van der Waals surface area contributed by atoms with Crippen LogP contribution in [0.1, 0.15) is 37.0 Å². The van der Waals surface area contributed by atoms with Gasteiger partial charge in [-0.25, -0.2) is 4.79 Å². The molecule has 0 atom stereocenters. The third-order valence-corrected chi connectivity index (χ3v) is 5.70. The fourth-order valence-electron chi connectivity index (χ4n) is 3.43. The van der Waals surface area contributed by atoms with Crippen molar-refractivity contribution in [2.75, 3.05) is 26.2 Å². The first-order valence-electron chi connectivity index (χ1n) is 8.58. The molecule has 1 saturated heterocycles. The van der Waals surface area contributed by atoms with Gasteiger partial charge in [-0.05, 0) is 24.3 Å². The standard InChI is InChI=1S/C17H25N3O2S/c21-16(14-5-2-1-3-6-14)19-8-10-20(11-9-19)17(22)18-13-15-7-4-12-23-15/h4,7,12,14H,1-3,5-6,8-11,13H2,(H,18,22). The molecule has 0 aromatic carbocycles. The van der Waals surface area contributed by atoms with Crippen molar-refractivity contribution in [2.24, 2.45) is 5.92 Å². The first-order valence-corrected chi connectivity index (χ1v) is 9.46. The van der Waals surface area contributed by atoms with Gasteiger partial charge in [-0.15, -0.1) is 11.3 Å². The smallest absolute Gasteiger partial charge is 0.317 e. The normalized spacial score (nSPS) is 19.7. The average molecular weight is 335 g/mol. The number of piperazine rings is 1. The lowest BCUT2D eigenvalue weighted by Gasteiger charge is -2.37. The third kappa shape index (κ3) is 4.25. The minimum Gasteiger partial charge on any atom is -0.339 e.